The van der Waals surface area contributed by atoms with Crippen LogP contribution in [0.25, 0.3) is 0 Å². The maximum atomic E-state index is 12.8. The molecule has 0 aliphatic rings. The molecule has 1 atom stereocenters. The van der Waals surface area contributed by atoms with E-state index < -0.39 is 11.0 Å². The molecule has 2 aromatic heterocycles. The van der Waals surface area contributed by atoms with E-state index in [0.29, 0.717) is 29.4 Å². The second-order valence-electron chi connectivity index (χ2n) is 5.74. The van der Waals surface area contributed by atoms with Crippen LogP contribution in [0.15, 0.2) is 12.3 Å². The second kappa shape index (κ2) is 7.64. The standard InChI is InChI=1S/C15H21ClN6O3/c1-5-13(21-10(3)7-14(18-21)22(24)25)15(23)19(4)9-12-11(16)8-20(6-2)17-12/h7-8,13H,5-6,9H2,1-4H3. The molecule has 0 aliphatic heterocycles. The first-order valence-corrected chi connectivity index (χ1v) is 8.33. The maximum Gasteiger partial charge on any atom is 0.390 e. The SMILES string of the molecule is CCC(C(=O)N(C)Cc1nn(CC)cc1Cl)n1nc([N+](=O)[O-])cc1C. The van der Waals surface area contributed by atoms with Crippen molar-refractivity contribution in [2.45, 2.75) is 46.3 Å². The molecule has 10 heteroatoms. The van der Waals surface area contributed by atoms with Gasteiger partial charge in [-0.1, -0.05) is 18.5 Å². The lowest BCUT2D eigenvalue weighted by Crippen LogP contribution is -2.35. The second-order valence-corrected chi connectivity index (χ2v) is 6.15. The Morgan fingerprint density at radius 2 is 2.12 bits per heavy atom. The highest BCUT2D eigenvalue weighted by atomic mass is 35.5. The zero-order valence-electron chi connectivity index (χ0n) is 14.6. The van der Waals surface area contributed by atoms with Crippen molar-refractivity contribution in [3.05, 3.63) is 38.8 Å². The molecule has 2 rings (SSSR count). The zero-order chi connectivity index (χ0) is 18.7. The van der Waals surface area contributed by atoms with Crippen LogP contribution in [0.3, 0.4) is 0 Å². The number of carbonyl (C=O) groups excluding carboxylic acids is 1. The van der Waals surface area contributed by atoms with Gasteiger partial charge in [0.1, 0.15) is 5.69 Å². The van der Waals surface area contributed by atoms with Gasteiger partial charge in [-0.05, 0) is 25.2 Å². The number of hydrogen-bond donors (Lipinski definition) is 0. The van der Waals surface area contributed by atoms with Crippen molar-refractivity contribution >= 4 is 23.3 Å². The van der Waals surface area contributed by atoms with Gasteiger partial charge >= 0.3 is 5.82 Å². The van der Waals surface area contributed by atoms with E-state index in [4.69, 9.17) is 11.6 Å². The number of carbonyl (C=O) groups is 1. The van der Waals surface area contributed by atoms with Gasteiger partial charge in [-0.15, -0.1) is 0 Å². The number of nitro groups is 1. The van der Waals surface area contributed by atoms with Crippen LogP contribution >= 0.6 is 11.6 Å². The fraction of sp³-hybridized carbons (Fsp3) is 0.533. The van der Waals surface area contributed by atoms with Gasteiger partial charge < -0.3 is 15.0 Å². The van der Waals surface area contributed by atoms with Crippen LogP contribution in [0.4, 0.5) is 5.82 Å². The Hall–Kier alpha value is -2.42. The van der Waals surface area contributed by atoms with Crippen molar-refractivity contribution in [3.8, 4) is 0 Å². The van der Waals surface area contributed by atoms with Crippen LogP contribution < -0.4 is 0 Å². The monoisotopic (exact) mass is 368 g/mol. The van der Waals surface area contributed by atoms with Gasteiger partial charge in [0.05, 0.1) is 28.4 Å². The molecule has 25 heavy (non-hydrogen) atoms. The van der Waals surface area contributed by atoms with E-state index in [1.807, 2.05) is 13.8 Å². The molecule has 2 heterocycles. The molecule has 0 aromatic carbocycles. The summed E-state index contributed by atoms with van der Waals surface area (Å²) >= 11 is 6.15. The molecule has 0 saturated heterocycles. The third-order valence-electron chi connectivity index (χ3n) is 3.94. The molecular weight excluding hydrogens is 348 g/mol. The number of aromatic nitrogens is 4. The van der Waals surface area contributed by atoms with E-state index in [9.17, 15) is 14.9 Å². The molecule has 0 spiro atoms. The molecule has 0 bridgehead atoms. The van der Waals surface area contributed by atoms with Crippen molar-refractivity contribution in [1.29, 1.82) is 0 Å². The highest BCUT2D eigenvalue weighted by molar-refractivity contribution is 6.31. The predicted molar refractivity (Wildman–Crippen MR) is 92.3 cm³/mol. The number of rotatable bonds is 7. The summed E-state index contributed by atoms with van der Waals surface area (Å²) in [5.41, 5.74) is 1.17. The van der Waals surface area contributed by atoms with Gasteiger partial charge in [-0.2, -0.15) is 9.78 Å². The lowest BCUT2D eigenvalue weighted by atomic mass is 10.2. The molecule has 0 radical (unpaired) electrons. The quantitative estimate of drug-likeness (QED) is 0.552. The third kappa shape index (κ3) is 3.98. The van der Waals surface area contributed by atoms with E-state index in [0.717, 1.165) is 0 Å². The Morgan fingerprint density at radius 1 is 1.44 bits per heavy atom. The smallest absolute Gasteiger partial charge is 0.358 e. The van der Waals surface area contributed by atoms with E-state index >= 15 is 0 Å². The van der Waals surface area contributed by atoms with E-state index in [1.165, 1.54) is 15.6 Å². The van der Waals surface area contributed by atoms with Crippen LogP contribution in [-0.2, 0) is 17.9 Å². The Morgan fingerprint density at radius 3 is 2.60 bits per heavy atom. The normalized spacial score (nSPS) is 12.2. The van der Waals surface area contributed by atoms with Crippen molar-refractivity contribution in [3.63, 3.8) is 0 Å². The van der Waals surface area contributed by atoms with E-state index in [1.54, 1.807) is 24.9 Å². The fourth-order valence-corrected chi connectivity index (χ4v) is 2.80. The van der Waals surface area contributed by atoms with Crippen LogP contribution in [0.5, 0.6) is 0 Å². The average Bonchev–Trinajstić information content (AvgIpc) is 3.12. The van der Waals surface area contributed by atoms with Gasteiger partial charge in [0.2, 0.25) is 5.91 Å². The summed E-state index contributed by atoms with van der Waals surface area (Å²) in [5, 5.41) is 19.7. The van der Waals surface area contributed by atoms with Gasteiger partial charge in [-0.25, -0.2) is 0 Å². The molecule has 136 valence electrons. The zero-order valence-corrected chi connectivity index (χ0v) is 15.4. The summed E-state index contributed by atoms with van der Waals surface area (Å²) in [4.78, 5) is 24.7. The van der Waals surface area contributed by atoms with Crippen molar-refractivity contribution in [1.82, 2.24) is 24.5 Å². The lowest BCUT2D eigenvalue weighted by molar-refractivity contribution is -0.389. The molecule has 9 nitrogen and oxygen atoms in total. The van der Waals surface area contributed by atoms with E-state index in [-0.39, 0.29) is 18.3 Å². The Kier molecular flexibility index (Phi) is 5.78. The van der Waals surface area contributed by atoms with Crippen molar-refractivity contribution in [2.75, 3.05) is 7.05 Å². The largest absolute Gasteiger partial charge is 0.390 e. The van der Waals surface area contributed by atoms with E-state index in [2.05, 4.69) is 10.2 Å². The first-order valence-electron chi connectivity index (χ1n) is 7.95. The summed E-state index contributed by atoms with van der Waals surface area (Å²) in [6.07, 6.45) is 2.17. The Bertz CT molecular complexity index is 784. The summed E-state index contributed by atoms with van der Waals surface area (Å²) in [5.74, 6) is -0.471. The highest BCUT2D eigenvalue weighted by Gasteiger charge is 2.29. The molecule has 2 aromatic rings. The molecule has 0 aliphatic carbocycles. The molecular formula is C15H21ClN6O3. The number of amides is 1. The van der Waals surface area contributed by atoms with Crippen LogP contribution in [0.2, 0.25) is 5.02 Å². The summed E-state index contributed by atoms with van der Waals surface area (Å²) in [6.45, 7) is 6.41. The maximum absolute atomic E-state index is 12.8. The third-order valence-corrected chi connectivity index (χ3v) is 4.25. The first kappa shape index (κ1) is 18.9. The minimum absolute atomic E-state index is 0.203. The Labute approximate surface area is 150 Å². The van der Waals surface area contributed by atoms with Crippen LogP contribution in [0.1, 0.15) is 37.7 Å². The number of nitrogens with zero attached hydrogens (tertiary/aromatic N) is 6. The molecule has 0 N–H and O–H groups in total. The minimum Gasteiger partial charge on any atom is -0.358 e. The topological polar surface area (TPSA) is 99.1 Å². The molecule has 1 amide bonds. The lowest BCUT2D eigenvalue weighted by Gasteiger charge is -2.21. The van der Waals surface area contributed by atoms with Crippen LogP contribution in [0, 0.1) is 17.0 Å². The summed E-state index contributed by atoms with van der Waals surface area (Å²) in [6, 6.07) is 0.737. The Balaban J connectivity index is 2.20. The van der Waals surface area contributed by atoms with Gasteiger partial charge in [-0.3, -0.25) is 9.48 Å². The first-order chi connectivity index (χ1) is 11.8. The minimum atomic E-state index is -0.620. The summed E-state index contributed by atoms with van der Waals surface area (Å²) < 4.78 is 3.11. The highest BCUT2D eigenvalue weighted by Crippen LogP contribution is 2.22. The van der Waals surface area contributed by atoms with Gasteiger partial charge in [0.25, 0.3) is 0 Å². The summed E-state index contributed by atoms with van der Waals surface area (Å²) in [7, 11) is 1.65. The fourth-order valence-electron chi connectivity index (χ4n) is 2.59. The van der Waals surface area contributed by atoms with Gasteiger partial charge in [0, 0.05) is 19.8 Å². The molecule has 1 unspecified atom stereocenters. The number of likely N-dealkylation sites (N-methyl/N-ethyl adjacent to an activating group) is 1. The number of aryl methyl sites for hydroxylation is 2. The molecule has 0 saturated carbocycles. The van der Waals surface area contributed by atoms with Crippen molar-refractivity contribution < 1.29 is 9.72 Å². The molecule has 0 fully saturated rings. The predicted octanol–water partition coefficient (Wildman–Crippen LogP) is 2.58. The average molecular weight is 369 g/mol. The van der Waals surface area contributed by atoms with Crippen molar-refractivity contribution in [2.24, 2.45) is 0 Å². The van der Waals surface area contributed by atoms with Crippen LogP contribution in [-0.4, -0.2) is 42.3 Å². The number of hydrogen-bond acceptors (Lipinski definition) is 5. The number of halogens is 1. The van der Waals surface area contributed by atoms with Gasteiger partial charge in [0.15, 0.2) is 6.04 Å².